The van der Waals surface area contributed by atoms with E-state index in [-0.39, 0.29) is 37.7 Å². The second-order valence-electron chi connectivity index (χ2n) is 7.23. The summed E-state index contributed by atoms with van der Waals surface area (Å²) in [6.45, 7) is 4.03. The van der Waals surface area contributed by atoms with Gasteiger partial charge in [0.1, 0.15) is 0 Å². The van der Waals surface area contributed by atoms with E-state index in [0.29, 0.717) is 11.1 Å². The molecule has 9 heteroatoms. The highest BCUT2D eigenvalue weighted by Gasteiger charge is 2.36. The number of alkyl halides is 3. The van der Waals surface area contributed by atoms with E-state index in [1.165, 1.54) is 11.0 Å². The number of hydrogen-bond acceptors (Lipinski definition) is 4. The molecule has 0 radical (unpaired) electrons. The first-order valence-electron chi connectivity index (χ1n) is 8.97. The maximum atomic E-state index is 13.0. The van der Waals surface area contributed by atoms with E-state index in [1.54, 1.807) is 7.05 Å². The van der Waals surface area contributed by atoms with Gasteiger partial charge in [0, 0.05) is 19.0 Å². The molecule has 1 aliphatic rings. The number of amides is 3. The van der Waals surface area contributed by atoms with Crippen molar-refractivity contribution in [3.63, 3.8) is 0 Å². The van der Waals surface area contributed by atoms with Gasteiger partial charge < -0.3 is 10.2 Å². The number of benzene rings is 1. The largest absolute Gasteiger partial charge is 0.416 e. The number of halogens is 3. The first-order chi connectivity index (χ1) is 13.1. The van der Waals surface area contributed by atoms with Gasteiger partial charge in [0.15, 0.2) is 0 Å². The van der Waals surface area contributed by atoms with Crippen molar-refractivity contribution in [3.8, 4) is 0 Å². The molecule has 0 saturated carbocycles. The Labute approximate surface area is 161 Å². The highest BCUT2D eigenvalue weighted by atomic mass is 19.4. The third-order valence-corrected chi connectivity index (χ3v) is 5.05. The highest BCUT2D eigenvalue weighted by Crippen LogP contribution is 2.34. The van der Waals surface area contributed by atoms with Crippen LogP contribution in [0.5, 0.6) is 0 Å². The van der Waals surface area contributed by atoms with Gasteiger partial charge in [-0.2, -0.15) is 13.2 Å². The number of nitrogens with one attached hydrogen (secondary N) is 2. The van der Waals surface area contributed by atoms with Crippen LogP contribution in [0.1, 0.15) is 37.0 Å². The predicted octanol–water partition coefficient (Wildman–Crippen LogP) is 2.07. The van der Waals surface area contributed by atoms with Crippen molar-refractivity contribution in [2.24, 2.45) is 11.8 Å². The Hall–Kier alpha value is -2.42. The number of nitrogens with zero attached hydrogens (tertiary/aromatic N) is 1. The summed E-state index contributed by atoms with van der Waals surface area (Å²) in [4.78, 5) is 37.0. The van der Waals surface area contributed by atoms with Crippen LogP contribution in [-0.2, 0) is 33.6 Å². The topological polar surface area (TPSA) is 78.5 Å². The molecule has 1 aromatic carbocycles. The Morgan fingerprint density at radius 3 is 2.39 bits per heavy atom. The summed E-state index contributed by atoms with van der Waals surface area (Å²) in [6, 6.07) is 2.78. The number of rotatable bonds is 7. The van der Waals surface area contributed by atoms with Crippen LogP contribution < -0.4 is 10.6 Å². The normalized spacial score (nSPS) is 15.9. The predicted molar refractivity (Wildman–Crippen MR) is 95.7 cm³/mol. The van der Waals surface area contributed by atoms with Crippen LogP contribution in [0.3, 0.4) is 0 Å². The monoisotopic (exact) mass is 399 g/mol. The van der Waals surface area contributed by atoms with Gasteiger partial charge >= 0.3 is 6.18 Å². The van der Waals surface area contributed by atoms with Crippen molar-refractivity contribution in [2.75, 3.05) is 7.05 Å². The average molecular weight is 399 g/mol. The number of carbonyl (C=O) groups is 3. The smallest absolute Gasteiger partial charge is 0.334 e. The molecule has 1 unspecified atom stereocenters. The zero-order valence-electron chi connectivity index (χ0n) is 16.0. The van der Waals surface area contributed by atoms with Gasteiger partial charge in [-0.1, -0.05) is 19.9 Å². The summed E-state index contributed by atoms with van der Waals surface area (Å²) in [5.41, 5.74) is 0.434. The van der Waals surface area contributed by atoms with Crippen LogP contribution in [0.4, 0.5) is 13.2 Å². The van der Waals surface area contributed by atoms with E-state index < -0.39 is 29.6 Å². The van der Waals surface area contributed by atoms with Crippen LogP contribution in [0.25, 0.3) is 0 Å². The lowest BCUT2D eigenvalue weighted by Gasteiger charge is -2.28. The lowest BCUT2D eigenvalue weighted by Crippen LogP contribution is -2.46. The molecule has 2 atom stereocenters. The third-order valence-electron chi connectivity index (χ3n) is 5.05. The molecule has 3 amide bonds. The summed E-state index contributed by atoms with van der Waals surface area (Å²) in [7, 11) is 1.56. The maximum Gasteiger partial charge on any atom is 0.416 e. The Morgan fingerprint density at radius 2 is 1.86 bits per heavy atom. The van der Waals surface area contributed by atoms with Gasteiger partial charge in [-0.3, -0.25) is 19.7 Å². The number of hydrogen-bond donors (Lipinski definition) is 2. The van der Waals surface area contributed by atoms with Crippen LogP contribution in [0, 0.1) is 11.8 Å². The van der Waals surface area contributed by atoms with Crippen molar-refractivity contribution in [3.05, 3.63) is 34.9 Å². The van der Waals surface area contributed by atoms with Gasteiger partial charge in [-0.15, -0.1) is 0 Å². The fourth-order valence-corrected chi connectivity index (χ4v) is 3.39. The molecule has 2 N–H and O–H groups in total. The van der Waals surface area contributed by atoms with Crippen molar-refractivity contribution < 1.29 is 27.6 Å². The third kappa shape index (κ3) is 4.89. The first-order valence-corrected chi connectivity index (χ1v) is 8.97. The molecular formula is C19H24F3N3O3. The van der Waals surface area contributed by atoms with Gasteiger partial charge in [0.2, 0.25) is 18.2 Å². The minimum atomic E-state index is -4.43. The molecule has 0 aliphatic carbocycles. The summed E-state index contributed by atoms with van der Waals surface area (Å²) in [6.07, 6.45) is -3.97. The minimum absolute atomic E-state index is 0.0955. The zero-order valence-corrected chi connectivity index (χ0v) is 16.0. The molecule has 1 aromatic rings. The molecule has 0 aromatic heterocycles. The second kappa shape index (κ2) is 8.72. The first kappa shape index (κ1) is 21.9. The molecule has 1 aliphatic heterocycles. The maximum absolute atomic E-state index is 13.0. The van der Waals surface area contributed by atoms with Crippen LogP contribution in [-0.4, -0.2) is 36.2 Å². The van der Waals surface area contributed by atoms with Gasteiger partial charge in [0.05, 0.1) is 11.6 Å². The SMILES string of the molecule is CN[C@H](CC(C(=O)N1Cc2ccc(C(F)(F)F)cc2C1)C(C)C)C(=O)NC=O. The standard InChI is InChI=1S/C19H24F3N3O3/c1-11(2)15(7-16(23-3)17(27)24-10-26)18(28)25-8-12-4-5-14(19(20,21)22)6-13(12)9-25/h4-6,10-11,15-16,23H,7-9H2,1-3H3,(H,24,26,27)/t15?,16-/m1/s1. The van der Waals surface area contributed by atoms with E-state index in [9.17, 15) is 27.6 Å². The van der Waals surface area contributed by atoms with E-state index in [0.717, 1.165) is 12.1 Å². The number of imide groups is 1. The van der Waals surface area contributed by atoms with Gasteiger partial charge in [0.25, 0.3) is 0 Å². The zero-order chi connectivity index (χ0) is 21.1. The number of likely N-dealkylation sites (N-methyl/N-ethyl adjacent to an activating group) is 1. The molecule has 6 nitrogen and oxygen atoms in total. The molecule has 2 rings (SSSR count). The van der Waals surface area contributed by atoms with Crippen molar-refractivity contribution in [1.82, 2.24) is 15.5 Å². The summed E-state index contributed by atoms with van der Waals surface area (Å²) >= 11 is 0. The lowest BCUT2D eigenvalue weighted by atomic mass is 9.87. The Bertz CT molecular complexity index is 750. The fraction of sp³-hybridized carbons (Fsp3) is 0.526. The van der Waals surface area contributed by atoms with Crippen LogP contribution in [0.15, 0.2) is 18.2 Å². The second-order valence-corrected chi connectivity index (χ2v) is 7.23. The van der Waals surface area contributed by atoms with Gasteiger partial charge in [-0.05, 0) is 42.6 Å². The van der Waals surface area contributed by atoms with E-state index in [4.69, 9.17) is 0 Å². The Kier molecular flexibility index (Phi) is 6.82. The molecule has 0 spiro atoms. The average Bonchev–Trinajstić information content (AvgIpc) is 3.04. The molecule has 0 fully saturated rings. The Balaban J connectivity index is 2.15. The van der Waals surface area contributed by atoms with Crippen molar-refractivity contribution in [2.45, 2.75) is 45.6 Å². The fourth-order valence-electron chi connectivity index (χ4n) is 3.39. The molecule has 1 heterocycles. The van der Waals surface area contributed by atoms with E-state index in [1.807, 2.05) is 13.8 Å². The van der Waals surface area contributed by atoms with E-state index >= 15 is 0 Å². The van der Waals surface area contributed by atoms with E-state index in [2.05, 4.69) is 10.6 Å². The lowest BCUT2D eigenvalue weighted by molar-refractivity contribution is -0.138. The quantitative estimate of drug-likeness (QED) is 0.688. The molecular weight excluding hydrogens is 375 g/mol. The van der Waals surface area contributed by atoms with Crippen molar-refractivity contribution >= 4 is 18.2 Å². The van der Waals surface area contributed by atoms with Crippen LogP contribution >= 0.6 is 0 Å². The highest BCUT2D eigenvalue weighted by molar-refractivity contribution is 5.90. The van der Waals surface area contributed by atoms with Crippen LogP contribution in [0.2, 0.25) is 0 Å². The van der Waals surface area contributed by atoms with Crippen molar-refractivity contribution in [1.29, 1.82) is 0 Å². The number of fused-ring (bicyclic) bond motifs is 1. The number of carbonyl (C=O) groups excluding carboxylic acids is 3. The summed E-state index contributed by atoms with van der Waals surface area (Å²) < 4.78 is 38.8. The Morgan fingerprint density at radius 1 is 1.21 bits per heavy atom. The minimum Gasteiger partial charge on any atom is -0.334 e. The summed E-state index contributed by atoms with van der Waals surface area (Å²) in [5, 5.41) is 4.86. The molecule has 154 valence electrons. The molecule has 28 heavy (non-hydrogen) atoms. The summed E-state index contributed by atoms with van der Waals surface area (Å²) in [5.74, 6) is -1.37. The molecule has 0 bridgehead atoms. The molecule has 0 saturated heterocycles. The van der Waals surface area contributed by atoms with Gasteiger partial charge in [-0.25, -0.2) is 0 Å².